The lowest BCUT2D eigenvalue weighted by molar-refractivity contribution is -0.119. The Labute approximate surface area is 163 Å². The molecule has 0 saturated carbocycles. The molecule has 2 aromatic rings. The highest BCUT2D eigenvalue weighted by molar-refractivity contribution is 7.80. The van der Waals surface area contributed by atoms with E-state index in [9.17, 15) is 4.79 Å². The van der Waals surface area contributed by atoms with E-state index in [-0.39, 0.29) is 18.0 Å². The van der Waals surface area contributed by atoms with Gasteiger partial charge in [-0.2, -0.15) is 5.26 Å². The lowest BCUT2D eigenvalue weighted by atomic mass is 10.0. The van der Waals surface area contributed by atoms with Gasteiger partial charge in [-0.3, -0.25) is 9.69 Å². The molecule has 1 fully saturated rings. The fourth-order valence-corrected chi connectivity index (χ4v) is 4.04. The van der Waals surface area contributed by atoms with Gasteiger partial charge in [0.25, 0.3) is 0 Å². The number of carbonyl (C=O) groups is 1. The number of thiocarbonyl (C=S) groups is 1. The number of nitrogens with zero attached hydrogens (tertiary/aromatic N) is 3. The van der Waals surface area contributed by atoms with E-state index >= 15 is 0 Å². The number of amides is 1. The maximum absolute atomic E-state index is 12.7. The molecule has 132 valence electrons. The molecule has 0 bridgehead atoms. The topological polar surface area (TPSA) is 47.3 Å². The SMILES string of the molecule is C[C@@H]1CC(=O)N(c2ccc(C#N)c(Cl)c2)C(=S)N1[C@@H](C)c1ccccc1. The highest BCUT2D eigenvalue weighted by Gasteiger charge is 2.37. The summed E-state index contributed by atoms with van der Waals surface area (Å²) < 4.78 is 0. The number of benzene rings is 2. The van der Waals surface area contributed by atoms with E-state index in [1.165, 1.54) is 4.90 Å². The van der Waals surface area contributed by atoms with E-state index in [1.54, 1.807) is 18.2 Å². The second-order valence-electron chi connectivity index (χ2n) is 6.33. The molecule has 0 radical (unpaired) electrons. The Hall–Kier alpha value is -2.42. The second kappa shape index (κ2) is 7.45. The van der Waals surface area contributed by atoms with E-state index < -0.39 is 0 Å². The van der Waals surface area contributed by atoms with Gasteiger partial charge in [0.2, 0.25) is 5.91 Å². The molecule has 2 aromatic carbocycles. The van der Waals surface area contributed by atoms with Crippen LogP contribution < -0.4 is 4.90 Å². The standard InChI is InChI=1S/C20H18ClN3OS/c1-13-10-19(25)24(17-9-8-16(12-22)18(21)11-17)20(26)23(13)14(2)15-6-4-3-5-7-15/h3-9,11,13-14H,10H2,1-2H3/t13-,14+/m1/s1. The molecule has 26 heavy (non-hydrogen) atoms. The van der Waals surface area contributed by atoms with E-state index in [1.807, 2.05) is 31.2 Å². The fraction of sp³-hybridized carbons (Fsp3) is 0.250. The zero-order valence-corrected chi connectivity index (χ0v) is 16.1. The number of anilines is 1. The zero-order chi connectivity index (χ0) is 18.8. The number of nitriles is 1. The molecule has 6 heteroatoms. The van der Waals surface area contributed by atoms with Crippen LogP contribution in [0, 0.1) is 11.3 Å². The summed E-state index contributed by atoms with van der Waals surface area (Å²) in [5.41, 5.74) is 2.09. The van der Waals surface area contributed by atoms with Gasteiger partial charge in [-0.05, 0) is 49.8 Å². The summed E-state index contributed by atoms with van der Waals surface area (Å²) in [4.78, 5) is 16.3. The third-order valence-electron chi connectivity index (χ3n) is 4.64. The van der Waals surface area contributed by atoms with Crippen LogP contribution in [0.1, 0.15) is 37.4 Å². The second-order valence-corrected chi connectivity index (χ2v) is 7.11. The van der Waals surface area contributed by atoms with E-state index in [0.29, 0.717) is 27.8 Å². The first-order valence-corrected chi connectivity index (χ1v) is 9.12. The predicted octanol–water partition coefficient (Wildman–Crippen LogP) is 4.68. The Morgan fingerprint density at radius 1 is 1.27 bits per heavy atom. The quantitative estimate of drug-likeness (QED) is 0.721. The van der Waals surface area contributed by atoms with E-state index in [0.717, 1.165) is 5.56 Å². The highest BCUT2D eigenvalue weighted by atomic mass is 35.5. The van der Waals surface area contributed by atoms with Crippen molar-refractivity contribution in [2.75, 3.05) is 4.90 Å². The minimum Gasteiger partial charge on any atom is -0.339 e. The zero-order valence-electron chi connectivity index (χ0n) is 14.5. The van der Waals surface area contributed by atoms with Crippen molar-refractivity contribution in [1.29, 1.82) is 5.26 Å². The first kappa shape index (κ1) is 18.4. The number of rotatable bonds is 3. The van der Waals surface area contributed by atoms with Gasteiger partial charge in [0.1, 0.15) is 6.07 Å². The first-order valence-electron chi connectivity index (χ1n) is 8.34. The van der Waals surface area contributed by atoms with Crippen LogP contribution in [0.15, 0.2) is 48.5 Å². The van der Waals surface area contributed by atoms with Crippen LogP contribution in [0.3, 0.4) is 0 Å². The summed E-state index contributed by atoms with van der Waals surface area (Å²) in [6.45, 7) is 4.09. The van der Waals surface area contributed by atoms with Gasteiger partial charge >= 0.3 is 0 Å². The Bertz CT molecular complexity index is 894. The van der Waals surface area contributed by atoms with Crippen LogP contribution in [0.2, 0.25) is 5.02 Å². The molecule has 0 spiro atoms. The van der Waals surface area contributed by atoms with Crippen molar-refractivity contribution in [3.8, 4) is 6.07 Å². The number of hydrogen-bond donors (Lipinski definition) is 0. The van der Waals surface area contributed by atoms with Crippen LogP contribution in [-0.2, 0) is 4.79 Å². The summed E-state index contributed by atoms with van der Waals surface area (Å²) in [5, 5.41) is 9.81. The molecule has 1 heterocycles. The molecule has 3 rings (SSSR count). The molecule has 1 saturated heterocycles. The number of carbonyl (C=O) groups excluding carboxylic acids is 1. The summed E-state index contributed by atoms with van der Waals surface area (Å²) in [5.74, 6) is -0.0696. The van der Waals surface area contributed by atoms with Crippen LogP contribution in [0.4, 0.5) is 5.69 Å². The summed E-state index contributed by atoms with van der Waals surface area (Å²) in [6, 6.07) is 17.1. The van der Waals surface area contributed by atoms with Crippen molar-refractivity contribution < 1.29 is 4.79 Å². The maximum Gasteiger partial charge on any atom is 0.235 e. The Morgan fingerprint density at radius 2 is 1.96 bits per heavy atom. The minimum absolute atomic E-state index is 0.00434. The average molecular weight is 384 g/mol. The molecule has 0 aromatic heterocycles. The van der Waals surface area contributed by atoms with Crippen LogP contribution in [0.5, 0.6) is 0 Å². The molecule has 1 amide bonds. The highest BCUT2D eigenvalue weighted by Crippen LogP contribution is 2.33. The van der Waals surface area contributed by atoms with Crippen molar-refractivity contribution in [1.82, 2.24) is 4.90 Å². The molecule has 2 atom stereocenters. The van der Waals surface area contributed by atoms with Gasteiger partial charge in [-0.1, -0.05) is 41.9 Å². The van der Waals surface area contributed by atoms with Crippen LogP contribution in [0.25, 0.3) is 0 Å². The summed E-state index contributed by atoms with van der Waals surface area (Å²) in [6.07, 6.45) is 0.356. The van der Waals surface area contributed by atoms with E-state index in [2.05, 4.69) is 24.0 Å². The van der Waals surface area contributed by atoms with Gasteiger partial charge in [0.05, 0.1) is 22.3 Å². The Balaban J connectivity index is 1.97. The number of hydrogen-bond acceptors (Lipinski definition) is 3. The van der Waals surface area contributed by atoms with Crippen molar-refractivity contribution in [2.45, 2.75) is 32.4 Å². The van der Waals surface area contributed by atoms with Gasteiger partial charge in [-0.25, -0.2) is 0 Å². The molecule has 0 unspecified atom stereocenters. The Kier molecular flexibility index (Phi) is 5.26. The lowest BCUT2D eigenvalue weighted by Crippen LogP contribution is -2.56. The van der Waals surface area contributed by atoms with Gasteiger partial charge in [0, 0.05) is 12.5 Å². The monoisotopic (exact) mass is 383 g/mol. The fourth-order valence-electron chi connectivity index (χ4n) is 3.28. The molecule has 0 aliphatic carbocycles. The minimum atomic E-state index is -0.0696. The molecular weight excluding hydrogens is 366 g/mol. The Morgan fingerprint density at radius 3 is 2.58 bits per heavy atom. The molecule has 1 aliphatic rings. The largest absolute Gasteiger partial charge is 0.339 e. The van der Waals surface area contributed by atoms with Crippen molar-refractivity contribution in [2.24, 2.45) is 0 Å². The smallest absolute Gasteiger partial charge is 0.235 e. The van der Waals surface area contributed by atoms with Crippen LogP contribution >= 0.6 is 23.8 Å². The molecule has 0 N–H and O–H groups in total. The summed E-state index contributed by atoms with van der Waals surface area (Å²) >= 11 is 11.8. The lowest BCUT2D eigenvalue weighted by Gasteiger charge is -2.44. The third kappa shape index (κ3) is 3.31. The third-order valence-corrected chi connectivity index (χ3v) is 5.34. The van der Waals surface area contributed by atoms with Gasteiger partial charge in [0.15, 0.2) is 5.11 Å². The van der Waals surface area contributed by atoms with Crippen LogP contribution in [-0.4, -0.2) is 22.0 Å². The summed E-state index contributed by atoms with van der Waals surface area (Å²) in [7, 11) is 0. The normalized spacial score (nSPS) is 18.6. The first-order chi connectivity index (χ1) is 12.4. The molecule has 1 aliphatic heterocycles. The molecular formula is C20H18ClN3OS. The van der Waals surface area contributed by atoms with Crippen molar-refractivity contribution in [3.05, 3.63) is 64.7 Å². The predicted molar refractivity (Wildman–Crippen MR) is 107 cm³/mol. The van der Waals surface area contributed by atoms with Crippen molar-refractivity contribution >= 4 is 40.5 Å². The maximum atomic E-state index is 12.7. The average Bonchev–Trinajstić information content (AvgIpc) is 2.62. The van der Waals surface area contributed by atoms with Gasteiger partial charge < -0.3 is 4.90 Å². The number of halogens is 1. The van der Waals surface area contributed by atoms with Crippen molar-refractivity contribution in [3.63, 3.8) is 0 Å². The van der Waals surface area contributed by atoms with E-state index in [4.69, 9.17) is 29.1 Å². The van der Waals surface area contributed by atoms with Gasteiger partial charge in [-0.15, -0.1) is 0 Å². The molecule has 4 nitrogen and oxygen atoms in total.